The first kappa shape index (κ1) is 13.5. The van der Waals surface area contributed by atoms with Crippen LogP contribution in [0.2, 0.25) is 0 Å². The van der Waals surface area contributed by atoms with Crippen molar-refractivity contribution in [3.05, 3.63) is 48.2 Å². The number of aromatic nitrogens is 2. The van der Waals surface area contributed by atoms with Gasteiger partial charge < -0.3 is 5.32 Å². The molecule has 1 N–H and O–H groups in total. The summed E-state index contributed by atoms with van der Waals surface area (Å²) in [7, 11) is 1.96. The van der Waals surface area contributed by atoms with Crippen LogP contribution in [-0.4, -0.2) is 17.0 Å². The maximum absolute atomic E-state index is 4.63. The van der Waals surface area contributed by atoms with Gasteiger partial charge in [-0.05, 0) is 55.6 Å². The van der Waals surface area contributed by atoms with Gasteiger partial charge in [-0.2, -0.15) is 0 Å². The Balaban J connectivity index is 1.87. The van der Waals surface area contributed by atoms with Crippen molar-refractivity contribution in [2.75, 3.05) is 7.05 Å². The molecule has 0 fully saturated rings. The highest BCUT2D eigenvalue weighted by molar-refractivity contribution is 8.01. The van der Waals surface area contributed by atoms with Gasteiger partial charge in [0.1, 0.15) is 5.03 Å². The van der Waals surface area contributed by atoms with Gasteiger partial charge in [0.2, 0.25) is 0 Å². The Labute approximate surface area is 126 Å². The molecule has 0 amide bonds. The van der Waals surface area contributed by atoms with Crippen LogP contribution in [0.1, 0.15) is 18.5 Å². The van der Waals surface area contributed by atoms with Gasteiger partial charge in [-0.1, -0.05) is 12.1 Å². The predicted octanol–water partition coefficient (Wildman–Crippen LogP) is 4.12. The summed E-state index contributed by atoms with van der Waals surface area (Å²) in [6.45, 7) is 2.14. The van der Waals surface area contributed by atoms with Gasteiger partial charge in [-0.25, -0.2) is 9.97 Å². The molecule has 0 spiro atoms. The normalized spacial score (nSPS) is 12.7. The van der Waals surface area contributed by atoms with Crippen LogP contribution in [-0.2, 0) is 0 Å². The summed E-state index contributed by atoms with van der Waals surface area (Å²) in [5.74, 6) is 0. The van der Waals surface area contributed by atoms with E-state index in [1.54, 1.807) is 23.1 Å². The highest BCUT2D eigenvalue weighted by Gasteiger charge is 2.08. The first-order chi connectivity index (χ1) is 9.76. The lowest BCUT2D eigenvalue weighted by Crippen LogP contribution is -2.12. The Morgan fingerprint density at radius 2 is 2.10 bits per heavy atom. The second-order valence-corrected chi connectivity index (χ2v) is 6.79. The first-order valence-corrected chi connectivity index (χ1v) is 8.06. The summed E-state index contributed by atoms with van der Waals surface area (Å²) in [5, 5.41) is 4.23. The van der Waals surface area contributed by atoms with Gasteiger partial charge in [-0.15, -0.1) is 11.3 Å². The van der Waals surface area contributed by atoms with Crippen LogP contribution in [0.3, 0.4) is 0 Å². The van der Waals surface area contributed by atoms with E-state index in [4.69, 9.17) is 0 Å². The van der Waals surface area contributed by atoms with Gasteiger partial charge in [0.15, 0.2) is 4.34 Å². The molecule has 2 aromatic heterocycles. The molecule has 102 valence electrons. The largest absolute Gasteiger partial charge is 0.313 e. The van der Waals surface area contributed by atoms with E-state index in [1.807, 2.05) is 37.5 Å². The Kier molecular flexibility index (Phi) is 4.00. The van der Waals surface area contributed by atoms with Gasteiger partial charge in [0.05, 0.1) is 10.2 Å². The van der Waals surface area contributed by atoms with E-state index in [9.17, 15) is 0 Å². The number of pyridine rings is 1. The fraction of sp³-hybridized carbons (Fsp3) is 0.200. The molecule has 1 atom stereocenters. The fourth-order valence-electron chi connectivity index (χ4n) is 1.90. The molecule has 5 heteroatoms. The Morgan fingerprint density at radius 3 is 2.90 bits per heavy atom. The van der Waals surface area contributed by atoms with Crippen LogP contribution in [0.25, 0.3) is 10.2 Å². The number of nitrogens with zero attached hydrogens (tertiary/aromatic N) is 2. The number of hydrogen-bond acceptors (Lipinski definition) is 5. The minimum absolute atomic E-state index is 0.327. The first-order valence-electron chi connectivity index (χ1n) is 6.43. The predicted molar refractivity (Wildman–Crippen MR) is 85.5 cm³/mol. The number of para-hydroxylation sites is 1. The van der Waals surface area contributed by atoms with Crippen LogP contribution in [0.15, 0.2) is 52.0 Å². The fourth-order valence-corrected chi connectivity index (χ4v) is 3.92. The van der Waals surface area contributed by atoms with Gasteiger partial charge in [0.25, 0.3) is 0 Å². The topological polar surface area (TPSA) is 37.8 Å². The molecule has 1 aromatic carbocycles. The van der Waals surface area contributed by atoms with Crippen LogP contribution >= 0.6 is 23.1 Å². The Bertz CT molecular complexity index is 691. The summed E-state index contributed by atoms with van der Waals surface area (Å²) in [5.41, 5.74) is 2.30. The van der Waals surface area contributed by atoms with Crippen LogP contribution in [0.5, 0.6) is 0 Å². The molecule has 3 nitrogen and oxygen atoms in total. The summed E-state index contributed by atoms with van der Waals surface area (Å²) >= 11 is 3.33. The Morgan fingerprint density at radius 1 is 1.25 bits per heavy atom. The van der Waals surface area contributed by atoms with E-state index in [0.29, 0.717) is 6.04 Å². The molecule has 0 bridgehead atoms. The molecular weight excluding hydrogens is 286 g/mol. The zero-order valence-corrected chi connectivity index (χ0v) is 13.0. The molecule has 0 saturated carbocycles. The number of fused-ring (bicyclic) bond motifs is 1. The van der Waals surface area contributed by atoms with E-state index in [-0.39, 0.29) is 0 Å². The Hall–Kier alpha value is -1.43. The molecule has 3 rings (SSSR count). The quantitative estimate of drug-likeness (QED) is 0.786. The summed E-state index contributed by atoms with van der Waals surface area (Å²) < 4.78 is 2.25. The highest BCUT2D eigenvalue weighted by atomic mass is 32.2. The van der Waals surface area contributed by atoms with E-state index < -0.39 is 0 Å². The molecule has 0 radical (unpaired) electrons. The standard InChI is InChI=1S/C15H15N3S2/c1-10(16-2)11-7-8-17-14(9-11)20-15-18-12-5-3-4-6-13(12)19-15/h3-10,16H,1-2H3. The lowest BCUT2D eigenvalue weighted by Gasteiger charge is -2.10. The number of hydrogen-bond donors (Lipinski definition) is 1. The zero-order chi connectivity index (χ0) is 13.9. The highest BCUT2D eigenvalue weighted by Crippen LogP contribution is 2.33. The third kappa shape index (κ3) is 2.85. The van der Waals surface area contributed by atoms with Crippen molar-refractivity contribution in [3.63, 3.8) is 0 Å². The van der Waals surface area contributed by atoms with Crippen LogP contribution in [0, 0.1) is 0 Å². The number of nitrogens with one attached hydrogen (secondary N) is 1. The van der Waals surface area contributed by atoms with Crippen molar-refractivity contribution in [1.29, 1.82) is 0 Å². The average molecular weight is 301 g/mol. The molecule has 0 aliphatic rings. The number of rotatable bonds is 4. The van der Waals surface area contributed by atoms with Crippen molar-refractivity contribution in [2.45, 2.75) is 22.3 Å². The summed E-state index contributed by atoms with van der Waals surface area (Å²) in [4.78, 5) is 9.05. The molecule has 0 saturated heterocycles. The van der Waals surface area contributed by atoms with Crippen LogP contribution in [0.4, 0.5) is 0 Å². The van der Waals surface area contributed by atoms with E-state index >= 15 is 0 Å². The maximum Gasteiger partial charge on any atom is 0.157 e. The zero-order valence-electron chi connectivity index (χ0n) is 11.3. The van der Waals surface area contributed by atoms with Crippen molar-refractivity contribution >= 4 is 33.3 Å². The van der Waals surface area contributed by atoms with Crippen molar-refractivity contribution in [2.24, 2.45) is 0 Å². The van der Waals surface area contributed by atoms with Crippen molar-refractivity contribution in [3.8, 4) is 0 Å². The average Bonchev–Trinajstić information content (AvgIpc) is 2.88. The second-order valence-electron chi connectivity index (χ2n) is 4.49. The van der Waals surface area contributed by atoms with E-state index in [1.165, 1.54) is 10.3 Å². The molecule has 20 heavy (non-hydrogen) atoms. The summed E-state index contributed by atoms with van der Waals surface area (Å²) in [6.07, 6.45) is 1.86. The van der Waals surface area contributed by atoms with Gasteiger partial charge in [-0.3, -0.25) is 0 Å². The maximum atomic E-state index is 4.63. The molecule has 0 aliphatic carbocycles. The number of thiazole rings is 1. The third-order valence-electron chi connectivity index (χ3n) is 3.16. The monoisotopic (exact) mass is 301 g/mol. The number of benzene rings is 1. The van der Waals surface area contributed by atoms with Crippen molar-refractivity contribution in [1.82, 2.24) is 15.3 Å². The summed E-state index contributed by atoms with van der Waals surface area (Å²) in [6, 6.07) is 12.7. The van der Waals surface area contributed by atoms with Crippen molar-refractivity contribution < 1.29 is 0 Å². The van der Waals surface area contributed by atoms with Crippen LogP contribution < -0.4 is 5.32 Å². The van der Waals surface area contributed by atoms with Gasteiger partial charge in [0, 0.05) is 12.2 Å². The lowest BCUT2D eigenvalue weighted by atomic mass is 10.1. The minimum atomic E-state index is 0.327. The molecule has 3 aromatic rings. The SMILES string of the molecule is CNC(C)c1ccnc(Sc2nc3ccccc3s2)c1. The van der Waals surface area contributed by atoms with E-state index in [2.05, 4.69) is 34.3 Å². The second kappa shape index (κ2) is 5.91. The van der Waals surface area contributed by atoms with E-state index in [0.717, 1.165) is 14.9 Å². The lowest BCUT2D eigenvalue weighted by molar-refractivity contribution is 0.649. The third-order valence-corrected chi connectivity index (χ3v) is 5.19. The minimum Gasteiger partial charge on any atom is -0.313 e. The molecular formula is C15H15N3S2. The smallest absolute Gasteiger partial charge is 0.157 e. The molecule has 1 unspecified atom stereocenters. The molecule has 0 aliphatic heterocycles. The van der Waals surface area contributed by atoms with Gasteiger partial charge >= 0.3 is 0 Å². The molecule has 2 heterocycles.